The van der Waals surface area contributed by atoms with E-state index in [4.69, 9.17) is 5.26 Å². The molecule has 1 N–H and O–H groups in total. The number of benzene rings is 1. The second kappa shape index (κ2) is 5.98. The number of hydrogen-bond donors (Lipinski definition) is 1. The number of carbonyl (C=O) groups is 1. The molecule has 4 heteroatoms. The second-order valence-electron chi connectivity index (χ2n) is 4.65. The number of hydrogen-bond acceptors (Lipinski definition) is 3. The molecule has 4 nitrogen and oxygen atoms in total. The van der Waals surface area contributed by atoms with Crippen LogP contribution in [-0.2, 0) is 6.54 Å². The number of aromatic nitrogens is 1. The Kier molecular flexibility index (Phi) is 4.11. The van der Waals surface area contributed by atoms with E-state index in [9.17, 15) is 4.79 Å². The van der Waals surface area contributed by atoms with Crippen LogP contribution in [0.4, 0.5) is 0 Å². The van der Waals surface area contributed by atoms with Gasteiger partial charge in [-0.1, -0.05) is 23.8 Å². The Labute approximate surface area is 118 Å². The summed E-state index contributed by atoms with van der Waals surface area (Å²) in [6.07, 6.45) is 1.46. The molecule has 2 aromatic rings. The highest BCUT2D eigenvalue weighted by molar-refractivity contribution is 5.92. The highest BCUT2D eigenvalue weighted by Crippen LogP contribution is 2.10. The van der Waals surface area contributed by atoms with Crippen LogP contribution in [-0.4, -0.2) is 10.9 Å². The van der Waals surface area contributed by atoms with Crippen molar-refractivity contribution in [3.05, 3.63) is 64.5 Å². The summed E-state index contributed by atoms with van der Waals surface area (Å²) in [6.45, 7) is 4.48. The number of nitrogens with one attached hydrogen (secondary N) is 1. The van der Waals surface area contributed by atoms with Crippen molar-refractivity contribution in [1.82, 2.24) is 10.3 Å². The van der Waals surface area contributed by atoms with Crippen molar-refractivity contribution in [1.29, 1.82) is 5.26 Å². The van der Waals surface area contributed by atoms with E-state index in [-0.39, 0.29) is 11.6 Å². The van der Waals surface area contributed by atoms with Crippen LogP contribution < -0.4 is 5.32 Å². The Hall–Kier alpha value is -2.67. The molecule has 1 aromatic heterocycles. The number of amides is 1. The largest absolute Gasteiger partial charge is 0.347 e. The van der Waals surface area contributed by atoms with E-state index < -0.39 is 0 Å². The number of rotatable bonds is 3. The summed E-state index contributed by atoms with van der Waals surface area (Å²) in [4.78, 5) is 16.0. The number of nitrogens with zero attached hydrogens (tertiary/aromatic N) is 2. The number of pyridine rings is 1. The fraction of sp³-hybridized carbons (Fsp3) is 0.188. The molecular formula is C16H15N3O. The van der Waals surface area contributed by atoms with Gasteiger partial charge in [0.15, 0.2) is 0 Å². The average Bonchev–Trinajstić information content (AvgIpc) is 2.48. The van der Waals surface area contributed by atoms with Crippen LogP contribution >= 0.6 is 0 Å². The maximum absolute atomic E-state index is 12.0. The third kappa shape index (κ3) is 3.21. The van der Waals surface area contributed by atoms with Crippen LogP contribution in [0.1, 0.15) is 32.7 Å². The molecule has 0 unspecified atom stereocenters. The molecule has 0 saturated heterocycles. The van der Waals surface area contributed by atoms with Gasteiger partial charge in [0.05, 0.1) is 11.6 Å². The van der Waals surface area contributed by atoms with E-state index in [0.717, 1.165) is 16.7 Å². The summed E-state index contributed by atoms with van der Waals surface area (Å²) >= 11 is 0. The smallest absolute Gasteiger partial charge is 0.270 e. The van der Waals surface area contributed by atoms with Gasteiger partial charge >= 0.3 is 0 Å². The van der Waals surface area contributed by atoms with Crippen molar-refractivity contribution in [2.45, 2.75) is 20.4 Å². The summed E-state index contributed by atoms with van der Waals surface area (Å²) in [7, 11) is 0. The second-order valence-corrected chi connectivity index (χ2v) is 4.65. The molecule has 1 aromatic carbocycles. The Bertz CT molecular complexity index is 686. The van der Waals surface area contributed by atoms with Gasteiger partial charge in [0, 0.05) is 12.7 Å². The van der Waals surface area contributed by atoms with Gasteiger partial charge in [0.25, 0.3) is 5.91 Å². The first-order valence-electron chi connectivity index (χ1n) is 6.30. The summed E-state index contributed by atoms with van der Waals surface area (Å²) in [5.41, 5.74) is 4.06. The molecular weight excluding hydrogens is 250 g/mol. The third-order valence-corrected chi connectivity index (χ3v) is 3.07. The van der Waals surface area contributed by atoms with E-state index in [1.165, 1.54) is 12.3 Å². The topological polar surface area (TPSA) is 65.8 Å². The Morgan fingerprint density at radius 3 is 2.85 bits per heavy atom. The lowest BCUT2D eigenvalue weighted by Gasteiger charge is -2.08. The van der Waals surface area contributed by atoms with Gasteiger partial charge < -0.3 is 5.32 Å². The maximum atomic E-state index is 12.0. The van der Waals surface area contributed by atoms with Crippen LogP contribution in [0, 0.1) is 25.2 Å². The fourth-order valence-electron chi connectivity index (χ4n) is 1.88. The quantitative estimate of drug-likeness (QED) is 0.927. The predicted molar refractivity (Wildman–Crippen MR) is 76.0 cm³/mol. The molecule has 20 heavy (non-hydrogen) atoms. The molecule has 0 aliphatic carbocycles. The Balaban J connectivity index is 2.09. The third-order valence-electron chi connectivity index (χ3n) is 3.07. The molecule has 0 spiro atoms. The van der Waals surface area contributed by atoms with Crippen LogP contribution in [0.2, 0.25) is 0 Å². The minimum Gasteiger partial charge on any atom is -0.347 e. The van der Waals surface area contributed by atoms with Crippen LogP contribution in [0.25, 0.3) is 0 Å². The zero-order valence-electron chi connectivity index (χ0n) is 11.5. The highest BCUT2D eigenvalue weighted by Gasteiger charge is 2.08. The van der Waals surface area contributed by atoms with Crippen molar-refractivity contribution in [2.24, 2.45) is 0 Å². The van der Waals surface area contributed by atoms with Crippen LogP contribution in [0.5, 0.6) is 0 Å². The van der Waals surface area contributed by atoms with Crippen molar-refractivity contribution in [3.63, 3.8) is 0 Å². The molecule has 0 bridgehead atoms. The molecule has 0 aliphatic rings. The highest BCUT2D eigenvalue weighted by atomic mass is 16.1. The van der Waals surface area contributed by atoms with Gasteiger partial charge in [-0.15, -0.1) is 0 Å². The zero-order valence-corrected chi connectivity index (χ0v) is 11.5. The van der Waals surface area contributed by atoms with Gasteiger partial charge in [-0.3, -0.25) is 9.78 Å². The Morgan fingerprint density at radius 1 is 1.30 bits per heavy atom. The molecule has 0 radical (unpaired) electrons. The van der Waals surface area contributed by atoms with E-state index in [0.29, 0.717) is 12.1 Å². The van der Waals surface area contributed by atoms with E-state index >= 15 is 0 Å². The SMILES string of the molecule is Cc1ccc(C)c(CNC(=O)c2cc(C#N)ccn2)c1. The lowest BCUT2D eigenvalue weighted by Crippen LogP contribution is -2.24. The average molecular weight is 265 g/mol. The predicted octanol–water partition coefficient (Wildman–Crippen LogP) is 2.50. The summed E-state index contributed by atoms with van der Waals surface area (Å²) in [5, 5.41) is 11.6. The van der Waals surface area contributed by atoms with Crippen LogP contribution in [0.3, 0.4) is 0 Å². The molecule has 0 fully saturated rings. The number of carbonyl (C=O) groups excluding carboxylic acids is 1. The summed E-state index contributed by atoms with van der Waals surface area (Å²) < 4.78 is 0. The first-order valence-corrected chi connectivity index (χ1v) is 6.30. The summed E-state index contributed by atoms with van der Waals surface area (Å²) in [6, 6.07) is 11.2. The lowest BCUT2D eigenvalue weighted by molar-refractivity contribution is 0.0946. The first-order chi connectivity index (χ1) is 9.60. The van der Waals surface area contributed by atoms with Crippen molar-refractivity contribution >= 4 is 5.91 Å². The lowest BCUT2D eigenvalue weighted by atomic mass is 10.1. The first kappa shape index (κ1) is 13.8. The van der Waals surface area contributed by atoms with E-state index in [2.05, 4.69) is 16.4 Å². The van der Waals surface area contributed by atoms with Gasteiger partial charge in [-0.2, -0.15) is 5.26 Å². The molecule has 0 saturated carbocycles. The van der Waals surface area contributed by atoms with Crippen molar-refractivity contribution in [3.8, 4) is 6.07 Å². The summed E-state index contributed by atoms with van der Waals surface area (Å²) in [5.74, 6) is -0.275. The number of aryl methyl sites for hydroxylation is 2. The van der Waals surface area contributed by atoms with Crippen LogP contribution in [0.15, 0.2) is 36.5 Å². The number of nitriles is 1. The molecule has 1 heterocycles. The van der Waals surface area contributed by atoms with Gasteiger partial charge in [0.2, 0.25) is 0 Å². The maximum Gasteiger partial charge on any atom is 0.270 e. The molecule has 0 aliphatic heterocycles. The van der Waals surface area contributed by atoms with Gasteiger partial charge in [0.1, 0.15) is 5.69 Å². The zero-order chi connectivity index (χ0) is 14.5. The van der Waals surface area contributed by atoms with E-state index in [1.807, 2.05) is 32.0 Å². The minimum atomic E-state index is -0.275. The molecule has 100 valence electrons. The standard InChI is InChI=1S/C16H15N3O/c1-11-3-4-12(2)14(7-11)10-19-16(20)15-8-13(9-17)5-6-18-15/h3-8H,10H2,1-2H3,(H,19,20). The van der Waals surface area contributed by atoms with Crippen molar-refractivity contribution < 1.29 is 4.79 Å². The fourth-order valence-corrected chi connectivity index (χ4v) is 1.88. The van der Waals surface area contributed by atoms with Gasteiger partial charge in [-0.25, -0.2) is 0 Å². The van der Waals surface area contributed by atoms with E-state index in [1.54, 1.807) is 6.07 Å². The van der Waals surface area contributed by atoms with Crippen molar-refractivity contribution in [2.75, 3.05) is 0 Å². The normalized spacial score (nSPS) is 9.85. The molecule has 1 amide bonds. The Morgan fingerprint density at radius 2 is 2.10 bits per heavy atom. The molecule has 0 atom stereocenters. The monoisotopic (exact) mass is 265 g/mol. The minimum absolute atomic E-state index is 0.259. The van der Waals surface area contributed by atoms with Gasteiger partial charge in [-0.05, 0) is 37.1 Å². The molecule has 2 rings (SSSR count).